The topological polar surface area (TPSA) is 26.0 Å². The Hall–Kier alpha value is -0.600. The Kier molecular flexibility index (Phi) is 4.46. The predicted molar refractivity (Wildman–Crippen MR) is 83.4 cm³/mol. The van der Waals surface area contributed by atoms with E-state index in [2.05, 4.69) is 20.8 Å². The third-order valence-electron chi connectivity index (χ3n) is 4.78. The molecule has 3 heteroatoms. The lowest BCUT2D eigenvalue weighted by atomic mass is 9.66. The van der Waals surface area contributed by atoms with Crippen molar-refractivity contribution in [1.82, 2.24) is 0 Å². The first-order valence-electron chi connectivity index (χ1n) is 7.43. The van der Waals surface area contributed by atoms with Crippen LogP contribution in [0.5, 0.6) is 0 Å². The van der Waals surface area contributed by atoms with Gasteiger partial charge in [-0.3, -0.25) is 0 Å². The summed E-state index contributed by atoms with van der Waals surface area (Å²) >= 11 is 5.84. The largest absolute Gasteiger partial charge is 0.325 e. The van der Waals surface area contributed by atoms with E-state index in [4.69, 9.17) is 17.3 Å². The van der Waals surface area contributed by atoms with Crippen molar-refractivity contribution in [2.75, 3.05) is 0 Å². The number of rotatable bonds is 2. The van der Waals surface area contributed by atoms with Crippen molar-refractivity contribution in [3.63, 3.8) is 0 Å². The molecule has 1 aliphatic rings. The summed E-state index contributed by atoms with van der Waals surface area (Å²) in [6.07, 6.45) is 4.75. The number of benzene rings is 1. The molecule has 0 aromatic heterocycles. The molecule has 0 bridgehead atoms. The van der Waals surface area contributed by atoms with Crippen LogP contribution in [-0.2, 0) is 6.42 Å². The summed E-state index contributed by atoms with van der Waals surface area (Å²) in [5, 5.41) is 0.189. The summed E-state index contributed by atoms with van der Waals surface area (Å²) in [6, 6.07) is 5.18. The molecule has 0 atom stereocenters. The van der Waals surface area contributed by atoms with E-state index in [-0.39, 0.29) is 16.4 Å². The standard InChI is InChI=1S/C17H25ClFN/c1-16(2,3)13-7-9-17(20,10-8-13)11-12-5-4-6-14(18)15(12)19/h4-6,13H,7-11,20H2,1-3H3. The van der Waals surface area contributed by atoms with Gasteiger partial charge in [-0.05, 0) is 55.1 Å². The van der Waals surface area contributed by atoms with Crippen molar-refractivity contribution in [2.45, 2.75) is 58.4 Å². The molecule has 1 aromatic rings. The molecule has 0 amide bonds. The molecule has 0 radical (unpaired) electrons. The second-order valence-electron chi connectivity index (χ2n) is 7.39. The fraction of sp³-hybridized carbons (Fsp3) is 0.647. The van der Waals surface area contributed by atoms with Crippen LogP contribution in [0.2, 0.25) is 5.02 Å². The van der Waals surface area contributed by atoms with Crippen LogP contribution >= 0.6 is 11.6 Å². The average Bonchev–Trinajstić information content (AvgIpc) is 2.34. The zero-order valence-corrected chi connectivity index (χ0v) is 13.4. The smallest absolute Gasteiger partial charge is 0.145 e. The van der Waals surface area contributed by atoms with E-state index >= 15 is 0 Å². The molecule has 1 saturated carbocycles. The number of hydrogen-bond donors (Lipinski definition) is 1. The van der Waals surface area contributed by atoms with Gasteiger partial charge in [-0.15, -0.1) is 0 Å². The summed E-state index contributed by atoms with van der Waals surface area (Å²) < 4.78 is 14.0. The third-order valence-corrected chi connectivity index (χ3v) is 5.07. The monoisotopic (exact) mass is 297 g/mol. The van der Waals surface area contributed by atoms with Crippen molar-refractivity contribution >= 4 is 11.6 Å². The second-order valence-corrected chi connectivity index (χ2v) is 7.80. The van der Waals surface area contributed by atoms with E-state index in [0.29, 0.717) is 23.3 Å². The normalized spacial score (nSPS) is 27.6. The zero-order valence-electron chi connectivity index (χ0n) is 12.7. The minimum absolute atomic E-state index is 0.189. The molecule has 0 saturated heterocycles. The Balaban J connectivity index is 2.05. The molecule has 1 fully saturated rings. The lowest BCUT2D eigenvalue weighted by Crippen LogP contribution is -2.46. The zero-order chi connectivity index (χ0) is 15.0. The SMILES string of the molecule is CC(C)(C)C1CCC(N)(Cc2cccc(Cl)c2F)CC1. The van der Waals surface area contributed by atoms with E-state index in [0.717, 1.165) is 25.7 Å². The van der Waals surface area contributed by atoms with Crippen molar-refractivity contribution in [3.05, 3.63) is 34.6 Å². The van der Waals surface area contributed by atoms with Crippen LogP contribution in [0.4, 0.5) is 4.39 Å². The fourth-order valence-electron chi connectivity index (χ4n) is 3.30. The van der Waals surface area contributed by atoms with E-state index in [1.54, 1.807) is 18.2 Å². The van der Waals surface area contributed by atoms with Gasteiger partial charge in [-0.25, -0.2) is 4.39 Å². The summed E-state index contributed by atoms with van der Waals surface area (Å²) in [5.41, 5.74) is 7.20. The molecule has 1 aliphatic carbocycles. The third kappa shape index (κ3) is 3.53. The van der Waals surface area contributed by atoms with E-state index < -0.39 is 0 Å². The quantitative estimate of drug-likeness (QED) is 0.820. The Morgan fingerprint density at radius 3 is 2.45 bits per heavy atom. The van der Waals surface area contributed by atoms with Crippen LogP contribution in [-0.4, -0.2) is 5.54 Å². The molecule has 0 unspecified atom stereocenters. The van der Waals surface area contributed by atoms with Crippen molar-refractivity contribution in [3.8, 4) is 0 Å². The first kappa shape index (κ1) is 15.8. The van der Waals surface area contributed by atoms with Crippen molar-refractivity contribution < 1.29 is 4.39 Å². The first-order valence-corrected chi connectivity index (χ1v) is 7.81. The molecule has 0 spiro atoms. The van der Waals surface area contributed by atoms with Crippen molar-refractivity contribution in [2.24, 2.45) is 17.1 Å². The van der Waals surface area contributed by atoms with Crippen LogP contribution in [0.15, 0.2) is 18.2 Å². The van der Waals surface area contributed by atoms with Gasteiger partial charge < -0.3 is 5.73 Å². The highest BCUT2D eigenvalue weighted by molar-refractivity contribution is 6.30. The molecule has 1 nitrogen and oxygen atoms in total. The van der Waals surface area contributed by atoms with Gasteiger partial charge in [0.1, 0.15) is 5.82 Å². The number of halogens is 2. The van der Waals surface area contributed by atoms with Gasteiger partial charge >= 0.3 is 0 Å². The van der Waals surface area contributed by atoms with Crippen molar-refractivity contribution in [1.29, 1.82) is 0 Å². The Morgan fingerprint density at radius 1 is 1.30 bits per heavy atom. The molecule has 20 heavy (non-hydrogen) atoms. The van der Waals surface area contributed by atoms with Crippen LogP contribution in [0.1, 0.15) is 52.0 Å². The Morgan fingerprint density at radius 2 is 1.90 bits per heavy atom. The van der Waals surface area contributed by atoms with E-state index in [9.17, 15) is 4.39 Å². The summed E-state index contributed by atoms with van der Waals surface area (Å²) in [6.45, 7) is 6.87. The van der Waals surface area contributed by atoms with E-state index in [1.165, 1.54) is 0 Å². The summed E-state index contributed by atoms with van der Waals surface area (Å²) in [5.74, 6) is 0.403. The van der Waals surface area contributed by atoms with Gasteiger partial charge in [0, 0.05) is 5.54 Å². The molecule has 112 valence electrons. The number of nitrogens with two attached hydrogens (primary N) is 1. The minimum Gasteiger partial charge on any atom is -0.325 e. The first-order chi connectivity index (χ1) is 9.21. The maximum absolute atomic E-state index is 14.0. The molecule has 0 aliphatic heterocycles. The average molecular weight is 298 g/mol. The van der Waals surface area contributed by atoms with Gasteiger partial charge in [0.2, 0.25) is 0 Å². The number of hydrogen-bond acceptors (Lipinski definition) is 1. The lowest BCUT2D eigenvalue weighted by Gasteiger charge is -2.42. The maximum atomic E-state index is 14.0. The fourth-order valence-corrected chi connectivity index (χ4v) is 3.49. The Labute approximate surface area is 126 Å². The molecule has 2 rings (SSSR count). The van der Waals surface area contributed by atoms with Crippen LogP contribution in [0.25, 0.3) is 0 Å². The molecule has 1 aromatic carbocycles. The van der Waals surface area contributed by atoms with Gasteiger partial charge in [0.15, 0.2) is 0 Å². The summed E-state index contributed by atoms with van der Waals surface area (Å²) in [7, 11) is 0. The van der Waals surface area contributed by atoms with Crippen LogP contribution in [0.3, 0.4) is 0 Å². The van der Waals surface area contributed by atoms with Crippen LogP contribution in [0, 0.1) is 17.2 Å². The Bertz CT molecular complexity index is 470. The molecule has 0 heterocycles. The molecular weight excluding hydrogens is 273 g/mol. The van der Waals surface area contributed by atoms with Gasteiger partial charge in [0.25, 0.3) is 0 Å². The maximum Gasteiger partial charge on any atom is 0.145 e. The van der Waals surface area contributed by atoms with Gasteiger partial charge in [-0.2, -0.15) is 0 Å². The van der Waals surface area contributed by atoms with Gasteiger partial charge in [-0.1, -0.05) is 44.5 Å². The second kappa shape index (κ2) is 5.65. The summed E-state index contributed by atoms with van der Waals surface area (Å²) in [4.78, 5) is 0. The minimum atomic E-state index is -0.308. The highest BCUT2D eigenvalue weighted by Gasteiger charge is 2.36. The molecular formula is C17H25ClFN. The highest BCUT2D eigenvalue weighted by atomic mass is 35.5. The van der Waals surface area contributed by atoms with Crippen LogP contribution < -0.4 is 5.73 Å². The predicted octanol–water partition coefficient (Wildman–Crippen LogP) is 4.96. The molecule has 2 N–H and O–H groups in total. The lowest BCUT2D eigenvalue weighted by molar-refractivity contribution is 0.133. The van der Waals surface area contributed by atoms with E-state index in [1.807, 2.05) is 0 Å². The van der Waals surface area contributed by atoms with Gasteiger partial charge in [0.05, 0.1) is 5.02 Å². The highest BCUT2D eigenvalue weighted by Crippen LogP contribution is 2.41.